The highest BCUT2D eigenvalue weighted by atomic mass is 16.5. The summed E-state index contributed by atoms with van der Waals surface area (Å²) in [7, 11) is 0. The summed E-state index contributed by atoms with van der Waals surface area (Å²) in [5.74, 6) is -1.36. The molecule has 0 spiro atoms. The Morgan fingerprint density at radius 1 is 0.795 bits per heavy atom. The van der Waals surface area contributed by atoms with E-state index in [1.165, 1.54) is 0 Å². The number of aromatic nitrogens is 1. The Balaban J connectivity index is 1.71. The number of carbonyl (C=O) groups is 2. The van der Waals surface area contributed by atoms with Crippen molar-refractivity contribution < 1.29 is 19.4 Å². The summed E-state index contributed by atoms with van der Waals surface area (Å²) in [5, 5.41) is 9.38. The van der Waals surface area contributed by atoms with Crippen molar-refractivity contribution in [2.24, 2.45) is 4.99 Å². The van der Waals surface area contributed by atoms with Crippen molar-refractivity contribution in [3.63, 3.8) is 0 Å². The number of hydrogen-bond acceptors (Lipinski definition) is 4. The molecule has 5 aromatic rings. The molecule has 0 aliphatic heterocycles. The average molecular weight is 515 g/mol. The van der Waals surface area contributed by atoms with Gasteiger partial charge in [-0.3, -0.25) is 4.99 Å². The molecule has 4 aromatic carbocycles. The molecular formula is C33H26N2O4. The van der Waals surface area contributed by atoms with E-state index in [0.717, 1.165) is 33.8 Å². The Bertz CT molecular complexity index is 1640. The molecule has 1 N–H and O–H groups in total. The molecule has 0 bridgehead atoms. The van der Waals surface area contributed by atoms with E-state index in [4.69, 9.17) is 4.74 Å². The Morgan fingerprint density at radius 3 is 2.10 bits per heavy atom. The van der Waals surface area contributed by atoms with Crippen molar-refractivity contribution in [3.05, 3.63) is 132 Å². The summed E-state index contributed by atoms with van der Waals surface area (Å²) in [4.78, 5) is 28.4. The largest absolute Gasteiger partial charge is 0.478 e. The fourth-order valence-corrected chi connectivity index (χ4v) is 4.43. The van der Waals surface area contributed by atoms with Crippen molar-refractivity contribution in [1.29, 1.82) is 0 Å². The highest BCUT2D eigenvalue weighted by molar-refractivity contribution is 5.95. The standard InChI is InChI=1S/C33H26N2O4/c1-2-39-33(38)25-16-18-29(19-17-25)35-30(23-10-5-3-6-11-23)21-27(31(35)24-12-7-4-8-13-24)22-34-28-15-9-14-26(20-28)32(36)37/h3-22H,2H2,1H3,(H,36,37). The van der Waals surface area contributed by atoms with E-state index >= 15 is 0 Å². The summed E-state index contributed by atoms with van der Waals surface area (Å²) in [6.45, 7) is 2.10. The normalized spacial score (nSPS) is 11.0. The van der Waals surface area contributed by atoms with Gasteiger partial charge in [-0.25, -0.2) is 9.59 Å². The second kappa shape index (κ2) is 11.4. The van der Waals surface area contributed by atoms with E-state index in [2.05, 4.69) is 15.6 Å². The minimum absolute atomic E-state index is 0.178. The van der Waals surface area contributed by atoms with Crippen LogP contribution in [0.1, 0.15) is 33.2 Å². The fraction of sp³-hybridized carbons (Fsp3) is 0.0606. The Kier molecular flexibility index (Phi) is 7.46. The smallest absolute Gasteiger partial charge is 0.338 e. The van der Waals surface area contributed by atoms with Crippen molar-refractivity contribution in [3.8, 4) is 28.2 Å². The van der Waals surface area contributed by atoms with Crippen LogP contribution in [0.25, 0.3) is 28.2 Å². The molecule has 0 saturated carbocycles. The Morgan fingerprint density at radius 2 is 1.46 bits per heavy atom. The van der Waals surface area contributed by atoms with E-state index < -0.39 is 5.97 Å². The van der Waals surface area contributed by atoms with Gasteiger partial charge in [-0.05, 0) is 66.6 Å². The molecule has 0 radical (unpaired) electrons. The predicted molar refractivity (Wildman–Crippen MR) is 153 cm³/mol. The van der Waals surface area contributed by atoms with Crippen molar-refractivity contribution >= 4 is 23.8 Å². The first kappa shape index (κ1) is 25.4. The van der Waals surface area contributed by atoms with Crippen LogP contribution in [0.3, 0.4) is 0 Å². The van der Waals surface area contributed by atoms with Gasteiger partial charge in [0.15, 0.2) is 0 Å². The molecule has 0 saturated heterocycles. The molecule has 192 valence electrons. The van der Waals surface area contributed by atoms with Gasteiger partial charge in [-0.2, -0.15) is 0 Å². The number of ether oxygens (including phenoxy) is 1. The third kappa shape index (κ3) is 5.55. The summed E-state index contributed by atoms with van der Waals surface area (Å²) >= 11 is 0. The van der Waals surface area contributed by atoms with Crippen LogP contribution in [0, 0.1) is 0 Å². The summed E-state index contributed by atoms with van der Waals surface area (Å²) in [6.07, 6.45) is 1.76. The maximum Gasteiger partial charge on any atom is 0.338 e. The average Bonchev–Trinajstić information content (AvgIpc) is 3.37. The molecule has 0 unspecified atom stereocenters. The number of carboxylic acids is 1. The van der Waals surface area contributed by atoms with Crippen LogP contribution < -0.4 is 0 Å². The fourth-order valence-electron chi connectivity index (χ4n) is 4.43. The topological polar surface area (TPSA) is 80.9 Å². The molecule has 6 nitrogen and oxygen atoms in total. The highest BCUT2D eigenvalue weighted by Gasteiger charge is 2.19. The van der Waals surface area contributed by atoms with Crippen LogP contribution in [0.2, 0.25) is 0 Å². The van der Waals surface area contributed by atoms with Gasteiger partial charge in [-0.15, -0.1) is 0 Å². The molecule has 0 fully saturated rings. The third-order valence-corrected chi connectivity index (χ3v) is 6.23. The molecule has 0 aliphatic carbocycles. The van der Waals surface area contributed by atoms with Gasteiger partial charge >= 0.3 is 11.9 Å². The molecule has 39 heavy (non-hydrogen) atoms. The maximum atomic E-state index is 12.3. The first-order valence-electron chi connectivity index (χ1n) is 12.6. The molecule has 0 atom stereocenters. The molecule has 5 rings (SSSR count). The monoisotopic (exact) mass is 514 g/mol. The minimum atomic E-state index is -0.999. The van der Waals surface area contributed by atoms with E-state index in [1.807, 2.05) is 72.8 Å². The van der Waals surface area contributed by atoms with Gasteiger partial charge < -0.3 is 14.4 Å². The highest BCUT2D eigenvalue weighted by Crippen LogP contribution is 2.35. The second-order valence-corrected chi connectivity index (χ2v) is 8.78. The van der Waals surface area contributed by atoms with Gasteiger partial charge in [0.05, 0.1) is 34.8 Å². The molecule has 1 heterocycles. The zero-order valence-corrected chi connectivity index (χ0v) is 21.3. The van der Waals surface area contributed by atoms with Crippen LogP contribution in [0.5, 0.6) is 0 Å². The lowest BCUT2D eigenvalue weighted by atomic mass is 10.1. The van der Waals surface area contributed by atoms with Crippen molar-refractivity contribution in [1.82, 2.24) is 4.57 Å². The Hall–Kier alpha value is -5.23. The Labute approximate surface area is 226 Å². The van der Waals surface area contributed by atoms with Crippen molar-refractivity contribution in [2.45, 2.75) is 6.92 Å². The number of rotatable bonds is 8. The first-order chi connectivity index (χ1) is 19.0. The molecule has 0 amide bonds. The van der Waals surface area contributed by atoms with E-state index in [0.29, 0.717) is 17.9 Å². The van der Waals surface area contributed by atoms with E-state index in [1.54, 1.807) is 49.5 Å². The maximum absolute atomic E-state index is 12.3. The van der Waals surface area contributed by atoms with Crippen LogP contribution in [0.15, 0.2) is 120 Å². The number of aromatic carboxylic acids is 1. The third-order valence-electron chi connectivity index (χ3n) is 6.23. The van der Waals surface area contributed by atoms with Crippen LogP contribution in [0.4, 0.5) is 5.69 Å². The lowest BCUT2D eigenvalue weighted by Crippen LogP contribution is -2.05. The van der Waals surface area contributed by atoms with Gasteiger partial charge in [0.2, 0.25) is 0 Å². The number of esters is 1. The van der Waals surface area contributed by atoms with E-state index in [-0.39, 0.29) is 11.5 Å². The summed E-state index contributed by atoms with van der Waals surface area (Å²) in [6, 6.07) is 36.0. The van der Waals surface area contributed by atoms with Gasteiger partial charge in [0.25, 0.3) is 0 Å². The lowest BCUT2D eigenvalue weighted by molar-refractivity contribution is 0.0526. The van der Waals surface area contributed by atoms with Crippen LogP contribution in [-0.2, 0) is 4.74 Å². The predicted octanol–water partition coefficient (Wildman–Crippen LogP) is 7.44. The van der Waals surface area contributed by atoms with Crippen LogP contribution in [-0.4, -0.2) is 34.4 Å². The summed E-state index contributed by atoms with van der Waals surface area (Å²) in [5.41, 5.74) is 6.78. The number of benzene rings is 4. The van der Waals surface area contributed by atoms with E-state index in [9.17, 15) is 14.7 Å². The quantitative estimate of drug-likeness (QED) is 0.172. The number of aliphatic imine (C=N–C) groups is 1. The molecule has 6 heteroatoms. The zero-order valence-electron chi connectivity index (χ0n) is 21.3. The minimum Gasteiger partial charge on any atom is -0.478 e. The first-order valence-corrected chi connectivity index (χ1v) is 12.6. The SMILES string of the molecule is CCOC(=O)c1ccc(-n2c(-c3ccccc3)cc(C=Nc3cccc(C(=O)O)c3)c2-c2ccccc2)cc1. The second-order valence-electron chi connectivity index (χ2n) is 8.78. The van der Waals surface area contributed by atoms with Gasteiger partial charge in [0.1, 0.15) is 0 Å². The number of nitrogens with zero attached hydrogens (tertiary/aromatic N) is 2. The number of carboxylic acid groups (broad SMARTS) is 1. The van der Waals surface area contributed by atoms with Gasteiger partial charge in [-0.1, -0.05) is 66.7 Å². The number of hydrogen-bond donors (Lipinski definition) is 1. The number of carbonyl (C=O) groups excluding carboxylic acids is 1. The lowest BCUT2D eigenvalue weighted by Gasteiger charge is -2.15. The van der Waals surface area contributed by atoms with Crippen molar-refractivity contribution in [2.75, 3.05) is 6.61 Å². The summed E-state index contributed by atoms with van der Waals surface area (Å²) < 4.78 is 7.31. The zero-order chi connectivity index (χ0) is 27.2. The van der Waals surface area contributed by atoms with Gasteiger partial charge in [0, 0.05) is 17.5 Å². The molecule has 1 aromatic heterocycles. The molecular weight excluding hydrogens is 488 g/mol. The van der Waals surface area contributed by atoms with Crippen LogP contribution >= 0.6 is 0 Å². The molecule has 0 aliphatic rings.